The molecule has 114 valence electrons. The number of piperidine rings is 1. The Balaban J connectivity index is 1.53. The van der Waals surface area contributed by atoms with E-state index in [0.717, 1.165) is 25.9 Å². The molecule has 3 unspecified atom stereocenters. The summed E-state index contributed by atoms with van der Waals surface area (Å²) in [6.07, 6.45) is 2.78. The van der Waals surface area contributed by atoms with Crippen molar-refractivity contribution in [2.24, 2.45) is 11.8 Å². The Bertz CT molecular complexity index is 509. The lowest BCUT2D eigenvalue weighted by Crippen LogP contribution is -2.38. The lowest BCUT2D eigenvalue weighted by Gasteiger charge is -2.22. The van der Waals surface area contributed by atoms with E-state index < -0.39 is 11.6 Å². The number of hydrogen-bond acceptors (Lipinski definition) is 2. The first-order valence-corrected chi connectivity index (χ1v) is 7.59. The lowest BCUT2D eigenvalue weighted by molar-refractivity contribution is -0.122. The highest BCUT2D eigenvalue weighted by atomic mass is 19.1. The smallest absolute Gasteiger partial charge is 0.223 e. The van der Waals surface area contributed by atoms with Crippen LogP contribution in [-0.4, -0.2) is 25.5 Å². The predicted octanol–water partition coefficient (Wildman–Crippen LogP) is 2.18. The molecule has 3 atom stereocenters. The first kappa shape index (κ1) is 14.4. The zero-order valence-electron chi connectivity index (χ0n) is 11.9. The molecule has 1 saturated carbocycles. The maximum absolute atomic E-state index is 13.7. The number of halogens is 2. The molecule has 0 radical (unpaired) electrons. The first-order chi connectivity index (χ1) is 10.2. The van der Waals surface area contributed by atoms with Gasteiger partial charge in [-0.25, -0.2) is 8.78 Å². The predicted molar refractivity (Wildman–Crippen MR) is 75.8 cm³/mol. The Morgan fingerprint density at radius 3 is 2.76 bits per heavy atom. The van der Waals surface area contributed by atoms with Gasteiger partial charge in [-0.1, -0.05) is 6.07 Å². The van der Waals surface area contributed by atoms with Gasteiger partial charge in [0.25, 0.3) is 0 Å². The van der Waals surface area contributed by atoms with E-state index in [1.165, 1.54) is 18.2 Å². The van der Waals surface area contributed by atoms with Crippen LogP contribution in [0, 0.1) is 23.5 Å². The van der Waals surface area contributed by atoms with Crippen molar-refractivity contribution in [2.75, 3.05) is 19.6 Å². The fourth-order valence-electron chi connectivity index (χ4n) is 3.14. The molecular weight excluding hydrogens is 274 g/mol. The van der Waals surface area contributed by atoms with Crippen molar-refractivity contribution in [1.82, 2.24) is 10.6 Å². The van der Waals surface area contributed by atoms with Crippen molar-refractivity contribution in [2.45, 2.75) is 25.2 Å². The van der Waals surface area contributed by atoms with Gasteiger partial charge in [-0.2, -0.15) is 0 Å². The first-order valence-electron chi connectivity index (χ1n) is 7.59. The molecule has 0 spiro atoms. The van der Waals surface area contributed by atoms with Crippen LogP contribution in [0.1, 0.15) is 30.7 Å². The van der Waals surface area contributed by atoms with Gasteiger partial charge in [-0.3, -0.25) is 4.79 Å². The minimum absolute atomic E-state index is 0.0667. The van der Waals surface area contributed by atoms with Crippen LogP contribution in [-0.2, 0) is 4.79 Å². The van der Waals surface area contributed by atoms with E-state index in [2.05, 4.69) is 10.6 Å². The Labute approximate surface area is 123 Å². The molecule has 2 N–H and O–H groups in total. The molecule has 1 aliphatic carbocycles. The number of hydrogen-bond donors (Lipinski definition) is 2. The van der Waals surface area contributed by atoms with Crippen LogP contribution in [0.2, 0.25) is 0 Å². The third kappa shape index (κ3) is 3.23. The second-order valence-electron chi connectivity index (χ2n) is 6.04. The highest BCUT2D eigenvalue weighted by molar-refractivity contribution is 5.82. The standard InChI is InChI=1S/C16H20F2N2O/c17-13-4-1-5-14(18)15(13)11-7-12(11)16(21)20-9-10-3-2-6-19-8-10/h1,4-5,10-12,19H,2-3,6-9H2,(H,20,21). The number of carbonyl (C=O) groups excluding carboxylic acids is 1. The van der Waals surface area contributed by atoms with Crippen LogP contribution in [0.25, 0.3) is 0 Å². The SMILES string of the molecule is O=C(NCC1CCCNC1)C1CC1c1c(F)cccc1F. The zero-order valence-corrected chi connectivity index (χ0v) is 11.9. The number of carbonyl (C=O) groups is 1. The second-order valence-corrected chi connectivity index (χ2v) is 6.04. The molecule has 1 saturated heterocycles. The van der Waals surface area contributed by atoms with Gasteiger partial charge in [-0.05, 0) is 50.4 Å². The number of amides is 1. The zero-order chi connectivity index (χ0) is 14.8. The van der Waals surface area contributed by atoms with Crippen LogP contribution >= 0.6 is 0 Å². The average Bonchev–Trinajstić information content (AvgIpc) is 3.26. The molecular formula is C16H20F2N2O. The third-order valence-corrected chi connectivity index (χ3v) is 4.46. The fourth-order valence-corrected chi connectivity index (χ4v) is 3.14. The van der Waals surface area contributed by atoms with Crippen molar-refractivity contribution in [3.8, 4) is 0 Å². The van der Waals surface area contributed by atoms with E-state index in [1.807, 2.05) is 0 Å². The Kier molecular flexibility index (Phi) is 4.19. The Morgan fingerprint density at radius 1 is 1.33 bits per heavy atom. The van der Waals surface area contributed by atoms with Crippen LogP contribution < -0.4 is 10.6 Å². The number of rotatable bonds is 4. The molecule has 3 rings (SSSR count). The maximum atomic E-state index is 13.7. The maximum Gasteiger partial charge on any atom is 0.223 e. The summed E-state index contributed by atoms with van der Waals surface area (Å²) in [6.45, 7) is 2.62. The van der Waals surface area contributed by atoms with Gasteiger partial charge in [0.2, 0.25) is 5.91 Å². The van der Waals surface area contributed by atoms with Crippen LogP contribution in [0.3, 0.4) is 0 Å². The van der Waals surface area contributed by atoms with Gasteiger partial charge in [0, 0.05) is 23.9 Å². The summed E-state index contributed by atoms with van der Waals surface area (Å²) >= 11 is 0. The number of benzene rings is 1. The van der Waals surface area contributed by atoms with E-state index in [9.17, 15) is 13.6 Å². The molecule has 2 fully saturated rings. The Morgan fingerprint density at radius 2 is 2.10 bits per heavy atom. The van der Waals surface area contributed by atoms with Gasteiger partial charge in [0.15, 0.2) is 0 Å². The molecule has 0 aromatic heterocycles. The quantitative estimate of drug-likeness (QED) is 0.893. The highest BCUT2D eigenvalue weighted by Crippen LogP contribution is 2.49. The summed E-state index contributed by atoms with van der Waals surface area (Å²) in [5.74, 6) is -1.31. The van der Waals surface area contributed by atoms with Gasteiger partial charge < -0.3 is 10.6 Å². The van der Waals surface area contributed by atoms with Crippen molar-refractivity contribution >= 4 is 5.91 Å². The normalized spacial score (nSPS) is 28.2. The minimum atomic E-state index is -0.549. The largest absolute Gasteiger partial charge is 0.356 e. The molecule has 1 aromatic rings. The summed E-state index contributed by atoms with van der Waals surface area (Å²) in [5, 5.41) is 6.23. The minimum Gasteiger partial charge on any atom is -0.356 e. The molecule has 1 amide bonds. The third-order valence-electron chi connectivity index (χ3n) is 4.46. The van der Waals surface area contributed by atoms with E-state index in [1.54, 1.807) is 0 Å². The lowest BCUT2D eigenvalue weighted by atomic mass is 9.99. The van der Waals surface area contributed by atoms with Crippen LogP contribution in [0.4, 0.5) is 8.78 Å². The average molecular weight is 294 g/mol. The topological polar surface area (TPSA) is 41.1 Å². The van der Waals surface area contributed by atoms with Crippen molar-refractivity contribution in [1.29, 1.82) is 0 Å². The molecule has 1 heterocycles. The number of nitrogens with one attached hydrogen (secondary N) is 2. The summed E-state index contributed by atoms with van der Waals surface area (Å²) in [4.78, 5) is 12.1. The monoisotopic (exact) mass is 294 g/mol. The highest BCUT2D eigenvalue weighted by Gasteiger charge is 2.46. The summed E-state index contributed by atoms with van der Waals surface area (Å²) in [6, 6.07) is 3.85. The van der Waals surface area contributed by atoms with Crippen molar-refractivity contribution < 1.29 is 13.6 Å². The van der Waals surface area contributed by atoms with E-state index in [0.29, 0.717) is 18.9 Å². The van der Waals surface area contributed by atoms with Crippen LogP contribution in [0.5, 0.6) is 0 Å². The van der Waals surface area contributed by atoms with Gasteiger partial charge in [0.1, 0.15) is 11.6 Å². The van der Waals surface area contributed by atoms with Crippen LogP contribution in [0.15, 0.2) is 18.2 Å². The second kappa shape index (κ2) is 6.10. The van der Waals surface area contributed by atoms with E-state index in [-0.39, 0.29) is 23.3 Å². The Hall–Kier alpha value is -1.49. The molecule has 1 aliphatic heterocycles. The molecule has 5 heteroatoms. The van der Waals surface area contributed by atoms with Crippen molar-refractivity contribution in [3.63, 3.8) is 0 Å². The van der Waals surface area contributed by atoms with Gasteiger partial charge in [0.05, 0.1) is 0 Å². The van der Waals surface area contributed by atoms with E-state index in [4.69, 9.17) is 0 Å². The van der Waals surface area contributed by atoms with E-state index >= 15 is 0 Å². The summed E-state index contributed by atoms with van der Waals surface area (Å²) < 4.78 is 27.3. The van der Waals surface area contributed by atoms with Crippen molar-refractivity contribution in [3.05, 3.63) is 35.4 Å². The molecule has 2 aliphatic rings. The fraction of sp³-hybridized carbons (Fsp3) is 0.562. The molecule has 3 nitrogen and oxygen atoms in total. The summed E-state index contributed by atoms with van der Waals surface area (Å²) in [7, 11) is 0. The van der Waals surface area contributed by atoms with Gasteiger partial charge >= 0.3 is 0 Å². The molecule has 21 heavy (non-hydrogen) atoms. The molecule has 0 bridgehead atoms. The summed E-state index contributed by atoms with van der Waals surface area (Å²) in [5.41, 5.74) is 0.0667. The van der Waals surface area contributed by atoms with Gasteiger partial charge in [-0.15, -0.1) is 0 Å². The molecule has 1 aromatic carbocycles.